The van der Waals surface area contributed by atoms with Crippen molar-refractivity contribution in [2.75, 3.05) is 26.7 Å². The molecule has 0 amide bonds. The Kier molecular flexibility index (Phi) is 2.89. The summed E-state index contributed by atoms with van der Waals surface area (Å²) < 4.78 is 4.77. The van der Waals surface area contributed by atoms with Gasteiger partial charge in [-0.2, -0.15) is 0 Å². The molecule has 0 aromatic rings. The summed E-state index contributed by atoms with van der Waals surface area (Å²) in [4.78, 5) is 12.4. The van der Waals surface area contributed by atoms with E-state index in [0.29, 0.717) is 0 Å². The summed E-state index contributed by atoms with van der Waals surface area (Å²) in [6, 6.07) is 0. The molecule has 3 heteroatoms. The molecule has 1 aliphatic heterocycles. The Bertz CT molecular complexity index is 250. The van der Waals surface area contributed by atoms with Crippen LogP contribution in [0.15, 0.2) is 11.6 Å². The van der Waals surface area contributed by atoms with Crippen LogP contribution in [0, 0.1) is 12.3 Å². The van der Waals surface area contributed by atoms with Crippen LogP contribution < -0.4 is 4.90 Å². The fourth-order valence-corrected chi connectivity index (χ4v) is 1.12. The maximum Gasteiger partial charge on any atom is 0.340 e. The van der Waals surface area contributed by atoms with Crippen LogP contribution in [0.3, 0.4) is 0 Å². The van der Waals surface area contributed by atoms with Gasteiger partial charge in [-0.25, -0.2) is 4.79 Å². The van der Waals surface area contributed by atoms with Crippen molar-refractivity contribution in [1.29, 1.82) is 0 Å². The number of carbonyl (C=O) groups excluding carboxylic acids is 1. The molecule has 1 N–H and O–H groups in total. The van der Waals surface area contributed by atoms with Crippen LogP contribution in [-0.2, 0) is 9.53 Å². The van der Waals surface area contributed by atoms with Gasteiger partial charge in [0.25, 0.3) is 0 Å². The number of esters is 1. The molecule has 12 heavy (non-hydrogen) atoms. The molecule has 0 spiro atoms. The summed E-state index contributed by atoms with van der Waals surface area (Å²) in [5, 5.41) is 0. The molecule has 0 radical (unpaired) electrons. The average molecular weight is 166 g/mol. The van der Waals surface area contributed by atoms with Crippen LogP contribution >= 0.6 is 0 Å². The van der Waals surface area contributed by atoms with Gasteiger partial charge in [-0.15, -0.1) is 6.42 Å². The first-order chi connectivity index (χ1) is 5.74. The lowest BCUT2D eigenvalue weighted by Crippen LogP contribution is -3.07. The molecule has 0 fully saturated rings. The van der Waals surface area contributed by atoms with Gasteiger partial charge in [0.1, 0.15) is 6.54 Å². The first kappa shape index (κ1) is 8.82. The summed E-state index contributed by atoms with van der Waals surface area (Å²) >= 11 is 0. The highest BCUT2D eigenvalue weighted by molar-refractivity contribution is 5.89. The maximum atomic E-state index is 11.2. The van der Waals surface area contributed by atoms with E-state index in [1.165, 1.54) is 4.90 Å². The monoisotopic (exact) mass is 166 g/mol. The molecule has 1 aliphatic rings. The van der Waals surface area contributed by atoms with Gasteiger partial charge < -0.3 is 9.64 Å². The van der Waals surface area contributed by atoms with Gasteiger partial charge in [0.05, 0.1) is 19.2 Å². The summed E-state index contributed by atoms with van der Waals surface area (Å²) in [6.07, 6.45) is 6.85. The number of nitrogens with one attached hydrogen (secondary N) is 1. The lowest BCUT2D eigenvalue weighted by atomic mass is 10.3. The van der Waals surface area contributed by atoms with Crippen molar-refractivity contribution in [3.05, 3.63) is 11.6 Å². The Hall–Kier alpha value is -1.27. The Morgan fingerprint density at radius 2 is 2.67 bits per heavy atom. The Morgan fingerprint density at radius 3 is 3.17 bits per heavy atom. The Morgan fingerprint density at radius 1 is 1.92 bits per heavy atom. The van der Waals surface area contributed by atoms with Crippen LogP contribution in [0.1, 0.15) is 0 Å². The summed E-state index contributed by atoms with van der Waals surface area (Å²) in [5.41, 5.74) is 0.739. The van der Waals surface area contributed by atoms with Gasteiger partial charge in [-0.1, -0.05) is 5.92 Å². The van der Waals surface area contributed by atoms with Gasteiger partial charge in [0, 0.05) is 0 Å². The van der Waals surface area contributed by atoms with Gasteiger partial charge in [-0.05, 0) is 6.08 Å². The molecular weight excluding hydrogens is 154 g/mol. The van der Waals surface area contributed by atoms with Crippen LogP contribution in [0.2, 0.25) is 0 Å². The van der Waals surface area contributed by atoms with E-state index < -0.39 is 0 Å². The highest BCUT2D eigenvalue weighted by Gasteiger charge is 2.20. The molecule has 0 saturated carbocycles. The predicted molar refractivity (Wildman–Crippen MR) is 44.5 cm³/mol. The second kappa shape index (κ2) is 3.93. The third-order valence-corrected chi connectivity index (χ3v) is 1.74. The molecule has 1 heterocycles. The fourth-order valence-electron chi connectivity index (χ4n) is 1.12. The molecule has 1 unspecified atom stereocenters. The quantitative estimate of drug-likeness (QED) is 0.405. The van der Waals surface area contributed by atoms with Gasteiger partial charge in [0.15, 0.2) is 6.61 Å². The van der Waals surface area contributed by atoms with Crippen molar-refractivity contribution in [2.45, 2.75) is 0 Å². The molecular formula is C9H12NO2+. The minimum Gasteiger partial charge on any atom is -0.449 e. The molecule has 0 aromatic carbocycles. The van der Waals surface area contributed by atoms with Crippen molar-refractivity contribution in [1.82, 2.24) is 0 Å². The van der Waals surface area contributed by atoms with E-state index in [2.05, 4.69) is 5.92 Å². The Balaban J connectivity index is 2.39. The third kappa shape index (κ3) is 2.11. The molecule has 1 atom stereocenters. The van der Waals surface area contributed by atoms with Crippen molar-refractivity contribution in [2.24, 2.45) is 0 Å². The zero-order valence-electron chi connectivity index (χ0n) is 7.09. The zero-order valence-corrected chi connectivity index (χ0v) is 7.09. The second-order valence-corrected chi connectivity index (χ2v) is 2.85. The number of quaternary nitrogens is 1. The van der Waals surface area contributed by atoms with Crippen LogP contribution in [0.5, 0.6) is 0 Å². The highest BCUT2D eigenvalue weighted by Crippen LogP contribution is 1.97. The van der Waals surface area contributed by atoms with Crippen LogP contribution in [-0.4, -0.2) is 32.7 Å². The minimum absolute atomic E-state index is 0.0647. The number of carbonyl (C=O) groups is 1. The van der Waals surface area contributed by atoms with E-state index in [4.69, 9.17) is 11.2 Å². The van der Waals surface area contributed by atoms with Crippen LogP contribution in [0.4, 0.5) is 0 Å². The molecule has 3 nitrogen and oxygen atoms in total. The SMILES string of the molecule is C#CCOC(=O)C1=CC[NH+](C)C1. The highest BCUT2D eigenvalue weighted by atomic mass is 16.5. The molecule has 0 aliphatic carbocycles. The summed E-state index contributed by atoms with van der Waals surface area (Å²) in [6.45, 7) is 1.69. The topological polar surface area (TPSA) is 30.7 Å². The van der Waals surface area contributed by atoms with E-state index in [0.717, 1.165) is 18.7 Å². The molecule has 64 valence electrons. The molecule has 1 rings (SSSR count). The first-order valence-electron chi connectivity index (χ1n) is 3.85. The summed E-state index contributed by atoms with van der Waals surface area (Å²) in [7, 11) is 2.03. The number of hydrogen-bond donors (Lipinski definition) is 1. The number of likely N-dealkylation sites (N-methyl/N-ethyl adjacent to an activating group) is 1. The largest absolute Gasteiger partial charge is 0.449 e. The predicted octanol–water partition coefficient (Wildman–Crippen LogP) is -1.38. The molecule has 0 aromatic heterocycles. The average Bonchev–Trinajstić information content (AvgIpc) is 2.47. The standard InChI is InChI=1S/C9H11NO2/c1-3-6-12-9(11)8-4-5-10(2)7-8/h1,4H,5-7H2,2H3/p+1. The summed E-state index contributed by atoms with van der Waals surface area (Å²) in [5.74, 6) is 1.98. The molecule has 0 saturated heterocycles. The van der Waals surface area contributed by atoms with Gasteiger partial charge in [-0.3, -0.25) is 0 Å². The van der Waals surface area contributed by atoms with E-state index in [1.54, 1.807) is 0 Å². The van der Waals surface area contributed by atoms with Gasteiger partial charge >= 0.3 is 5.97 Å². The second-order valence-electron chi connectivity index (χ2n) is 2.85. The van der Waals surface area contributed by atoms with Crippen molar-refractivity contribution >= 4 is 5.97 Å². The lowest BCUT2D eigenvalue weighted by Gasteiger charge is -2.04. The van der Waals surface area contributed by atoms with E-state index in [9.17, 15) is 4.79 Å². The number of ether oxygens (including phenoxy) is 1. The van der Waals surface area contributed by atoms with Gasteiger partial charge in [0.2, 0.25) is 0 Å². The smallest absolute Gasteiger partial charge is 0.340 e. The third-order valence-electron chi connectivity index (χ3n) is 1.74. The number of terminal acetylenes is 1. The van der Waals surface area contributed by atoms with Crippen molar-refractivity contribution in [3.63, 3.8) is 0 Å². The first-order valence-corrected chi connectivity index (χ1v) is 3.85. The zero-order chi connectivity index (χ0) is 8.97. The molecule has 0 bridgehead atoms. The van der Waals surface area contributed by atoms with Crippen molar-refractivity contribution < 1.29 is 14.4 Å². The maximum absolute atomic E-state index is 11.2. The van der Waals surface area contributed by atoms with Crippen LogP contribution in [0.25, 0.3) is 0 Å². The van der Waals surface area contributed by atoms with Crippen molar-refractivity contribution in [3.8, 4) is 12.3 Å². The normalized spacial score (nSPS) is 21.3. The minimum atomic E-state index is -0.273. The number of hydrogen-bond acceptors (Lipinski definition) is 2. The van der Waals surface area contributed by atoms with E-state index in [-0.39, 0.29) is 12.6 Å². The lowest BCUT2D eigenvalue weighted by molar-refractivity contribution is -0.862. The Labute approximate surface area is 72.0 Å². The fraction of sp³-hybridized carbons (Fsp3) is 0.444. The number of rotatable bonds is 2. The van der Waals surface area contributed by atoms with E-state index >= 15 is 0 Å². The van der Waals surface area contributed by atoms with E-state index in [1.807, 2.05) is 13.1 Å².